The maximum absolute atomic E-state index is 12.2. The van der Waals surface area contributed by atoms with Gasteiger partial charge < -0.3 is 15.4 Å². The molecule has 0 saturated heterocycles. The Morgan fingerprint density at radius 2 is 1.70 bits per heavy atom. The van der Waals surface area contributed by atoms with Crippen molar-refractivity contribution in [2.45, 2.75) is 6.92 Å². The number of aromatic nitrogens is 1. The molecule has 1 aromatic heterocycles. The number of benzene rings is 2. The van der Waals surface area contributed by atoms with Gasteiger partial charge in [-0.15, -0.1) is 0 Å². The number of esters is 1. The number of pyridine rings is 1. The van der Waals surface area contributed by atoms with Crippen molar-refractivity contribution in [3.63, 3.8) is 0 Å². The van der Waals surface area contributed by atoms with Crippen LogP contribution in [0.2, 0.25) is 0 Å². The molecule has 0 bridgehead atoms. The first-order valence-corrected chi connectivity index (χ1v) is 8.52. The average Bonchev–Trinajstić information content (AvgIpc) is 2.70. The van der Waals surface area contributed by atoms with Crippen LogP contribution in [-0.4, -0.2) is 23.5 Å². The molecule has 2 aromatic carbocycles. The summed E-state index contributed by atoms with van der Waals surface area (Å²) in [5.41, 5.74) is 3.05. The van der Waals surface area contributed by atoms with Crippen molar-refractivity contribution in [1.82, 2.24) is 4.98 Å². The molecule has 0 atom stereocenters. The van der Waals surface area contributed by atoms with Crippen molar-refractivity contribution in [1.29, 1.82) is 0 Å². The van der Waals surface area contributed by atoms with Crippen LogP contribution in [-0.2, 0) is 4.74 Å². The maximum Gasteiger partial charge on any atom is 0.340 e. The predicted octanol–water partition coefficient (Wildman–Crippen LogP) is 4.25. The van der Waals surface area contributed by atoms with E-state index < -0.39 is 0 Å². The molecule has 2 N–H and O–H groups in total. The highest BCUT2D eigenvalue weighted by Crippen LogP contribution is 2.23. The van der Waals surface area contributed by atoms with Gasteiger partial charge in [-0.25, -0.2) is 4.79 Å². The van der Waals surface area contributed by atoms with Crippen LogP contribution in [0.25, 0.3) is 0 Å². The lowest BCUT2D eigenvalue weighted by Crippen LogP contribution is -2.12. The van der Waals surface area contributed by atoms with Crippen LogP contribution in [0.15, 0.2) is 73.1 Å². The zero-order chi connectivity index (χ0) is 19.1. The third-order valence-corrected chi connectivity index (χ3v) is 3.77. The van der Waals surface area contributed by atoms with E-state index in [4.69, 9.17) is 4.74 Å². The molecular formula is C21H19N3O3. The molecule has 0 radical (unpaired) electrons. The standard InChI is InChI=1S/C21H19N3O3/c1-2-27-21(26)18-7-3-4-8-19(18)23-16-9-11-17(12-10-16)24-20(25)15-6-5-13-22-14-15/h3-14,23H,2H2,1H3,(H,24,25). The van der Waals surface area contributed by atoms with Crippen LogP contribution in [0.1, 0.15) is 27.6 Å². The van der Waals surface area contributed by atoms with Gasteiger partial charge in [-0.1, -0.05) is 12.1 Å². The number of nitrogens with zero attached hydrogens (tertiary/aromatic N) is 1. The van der Waals surface area contributed by atoms with Crippen molar-refractivity contribution in [3.05, 3.63) is 84.2 Å². The number of nitrogens with one attached hydrogen (secondary N) is 2. The average molecular weight is 361 g/mol. The minimum atomic E-state index is -0.374. The molecule has 1 heterocycles. The molecule has 27 heavy (non-hydrogen) atoms. The number of amides is 1. The van der Waals surface area contributed by atoms with E-state index in [9.17, 15) is 9.59 Å². The van der Waals surface area contributed by atoms with E-state index in [1.165, 1.54) is 6.20 Å². The molecule has 136 valence electrons. The molecule has 0 aliphatic heterocycles. The SMILES string of the molecule is CCOC(=O)c1ccccc1Nc1ccc(NC(=O)c2cccnc2)cc1. The lowest BCUT2D eigenvalue weighted by molar-refractivity contribution is 0.0527. The molecule has 3 rings (SSSR count). The van der Waals surface area contributed by atoms with Crippen molar-refractivity contribution in [2.75, 3.05) is 17.2 Å². The molecule has 0 unspecified atom stereocenters. The highest BCUT2D eigenvalue weighted by atomic mass is 16.5. The van der Waals surface area contributed by atoms with Gasteiger partial charge in [0.1, 0.15) is 0 Å². The number of hydrogen-bond donors (Lipinski definition) is 2. The summed E-state index contributed by atoms with van der Waals surface area (Å²) in [6, 6.07) is 17.8. The first-order valence-electron chi connectivity index (χ1n) is 8.52. The van der Waals surface area contributed by atoms with E-state index in [1.807, 2.05) is 24.3 Å². The Hall–Kier alpha value is -3.67. The first kappa shape index (κ1) is 18.1. The molecule has 0 aliphatic carbocycles. The second-order valence-corrected chi connectivity index (χ2v) is 5.66. The highest BCUT2D eigenvalue weighted by molar-refractivity contribution is 6.04. The maximum atomic E-state index is 12.2. The van der Waals surface area contributed by atoms with E-state index in [-0.39, 0.29) is 11.9 Å². The van der Waals surface area contributed by atoms with E-state index in [2.05, 4.69) is 15.6 Å². The van der Waals surface area contributed by atoms with Gasteiger partial charge in [-0.2, -0.15) is 0 Å². The van der Waals surface area contributed by atoms with Gasteiger partial charge in [-0.3, -0.25) is 9.78 Å². The van der Waals surface area contributed by atoms with Crippen LogP contribution in [0.3, 0.4) is 0 Å². The Bertz CT molecular complexity index is 925. The Labute approximate surface area is 157 Å². The topological polar surface area (TPSA) is 80.3 Å². The molecule has 0 spiro atoms. The molecule has 1 amide bonds. The van der Waals surface area contributed by atoms with Crippen molar-refractivity contribution in [2.24, 2.45) is 0 Å². The van der Waals surface area contributed by atoms with E-state index >= 15 is 0 Å². The number of ether oxygens (including phenoxy) is 1. The zero-order valence-corrected chi connectivity index (χ0v) is 14.8. The summed E-state index contributed by atoms with van der Waals surface area (Å²) >= 11 is 0. The predicted molar refractivity (Wildman–Crippen MR) is 104 cm³/mol. The fourth-order valence-electron chi connectivity index (χ4n) is 2.47. The number of carbonyl (C=O) groups excluding carboxylic acids is 2. The quantitative estimate of drug-likeness (QED) is 0.642. The van der Waals surface area contributed by atoms with Crippen molar-refractivity contribution in [3.8, 4) is 0 Å². The monoisotopic (exact) mass is 361 g/mol. The minimum absolute atomic E-state index is 0.225. The number of rotatable bonds is 6. The molecule has 3 aromatic rings. The Morgan fingerprint density at radius 3 is 2.41 bits per heavy atom. The van der Waals surface area contributed by atoms with Crippen LogP contribution in [0.4, 0.5) is 17.1 Å². The molecule has 6 heteroatoms. The van der Waals surface area contributed by atoms with E-state index in [1.54, 1.807) is 49.5 Å². The van der Waals surface area contributed by atoms with Crippen LogP contribution in [0.5, 0.6) is 0 Å². The lowest BCUT2D eigenvalue weighted by atomic mass is 10.1. The fraction of sp³-hybridized carbons (Fsp3) is 0.0952. The van der Waals surface area contributed by atoms with Gasteiger partial charge >= 0.3 is 5.97 Å². The molecule has 0 aliphatic rings. The van der Waals surface area contributed by atoms with Gasteiger partial charge in [0.25, 0.3) is 5.91 Å². The van der Waals surface area contributed by atoms with Crippen molar-refractivity contribution < 1.29 is 14.3 Å². The summed E-state index contributed by atoms with van der Waals surface area (Å²) in [6.07, 6.45) is 3.13. The van der Waals surface area contributed by atoms with Gasteiger partial charge in [0, 0.05) is 23.8 Å². The number of anilines is 3. The molecular weight excluding hydrogens is 342 g/mol. The summed E-state index contributed by atoms with van der Waals surface area (Å²) in [4.78, 5) is 28.1. The summed E-state index contributed by atoms with van der Waals surface area (Å²) in [6.45, 7) is 2.09. The summed E-state index contributed by atoms with van der Waals surface area (Å²) in [5, 5.41) is 6.02. The smallest absolute Gasteiger partial charge is 0.340 e. The molecule has 6 nitrogen and oxygen atoms in total. The number of para-hydroxylation sites is 1. The summed E-state index contributed by atoms with van der Waals surface area (Å²) < 4.78 is 5.08. The molecule has 0 fully saturated rings. The third kappa shape index (κ3) is 4.70. The number of hydrogen-bond acceptors (Lipinski definition) is 5. The van der Waals surface area contributed by atoms with Crippen LogP contribution in [0, 0.1) is 0 Å². The van der Waals surface area contributed by atoms with Gasteiger partial charge in [0.15, 0.2) is 0 Å². The summed E-state index contributed by atoms with van der Waals surface area (Å²) in [5.74, 6) is -0.600. The van der Waals surface area contributed by atoms with E-state index in [0.29, 0.717) is 29.1 Å². The lowest BCUT2D eigenvalue weighted by Gasteiger charge is -2.12. The highest BCUT2D eigenvalue weighted by Gasteiger charge is 2.12. The Balaban J connectivity index is 1.70. The Morgan fingerprint density at radius 1 is 0.963 bits per heavy atom. The fourth-order valence-corrected chi connectivity index (χ4v) is 2.47. The first-order chi connectivity index (χ1) is 13.2. The Kier molecular flexibility index (Phi) is 5.79. The van der Waals surface area contributed by atoms with Gasteiger partial charge in [0.05, 0.1) is 23.4 Å². The van der Waals surface area contributed by atoms with Gasteiger partial charge in [0.2, 0.25) is 0 Å². The largest absolute Gasteiger partial charge is 0.462 e. The minimum Gasteiger partial charge on any atom is -0.462 e. The zero-order valence-electron chi connectivity index (χ0n) is 14.8. The van der Waals surface area contributed by atoms with E-state index in [0.717, 1.165) is 5.69 Å². The summed E-state index contributed by atoms with van der Waals surface area (Å²) in [7, 11) is 0. The third-order valence-electron chi connectivity index (χ3n) is 3.77. The van der Waals surface area contributed by atoms with Gasteiger partial charge in [-0.05, 0) is 55.5 Å². The second kappa shape index (κ2) is 8.62. The number of carbonyl (C=O) groups is 2. The van der Waals surface area contributed by atoms with Crippen LogP contribution < -0.4 is 10.6 Å². The second-order valence-electron chi connectivity index (χ2n) is 5.66. The molecule has 0 saturated carbocycles. The van der Waals surface area contributed by atoms with Crippen LogP contribution >= 0.6 is 0 Å². The normalized spacial score (nSPS) is 10.1. The van der Waals surface area contributed by atoms with Crippen molar-refractivity contribution >= 4 is 28.9 Å².